The van der Waals surface area contributed by atoms with Gasteiger partial charge in [-0.15, -0.1) is 5.10 Å². The van der Waals surface area contributed by atoms with Crippen molar-refractivity contribution in [2.75, 3.05) is 0 Å². The molecular formula is C13H16ClF2N3. The molecule has 104 valence electrons. The van der Waals surface area contributed by atoms with Gasteiger partial charge in [-0.2, -0.15) is 0 Å². The van der Waals surface area contributed by atoms with E-state index in [1.54, 1.807) is 10.9 Å². The summed E-state index contributed by atoms with van der Waals surface area (Å²) in [6.07, 6.45) is 2.55. The fourth-order valence-corrected chi connectivity index (χ4v) is 1.58. The van der Waals surface area contributed by atoms with Crippen LogP contribution in [-0.4, -0.2) is 15.0 Å². The number of aromatic nitrogens is 3. The van der Waals surface area contributed by atoms with Crippen molar-refractivity contribution in [1.29, 1.82) is 0 Å². The van der Waals surface area contributed by atoms with Crippen LogP contribution in [0.25, 0.3) is 11.3 Å². The van der Waals surface area contributed by atoms with E-state index in [0.29, 0.717) is 17.8 Å². The molecule has 3 nitrogen and oxygen atoms in total. The Hall–Kier alpha value is -1.49. The Balaban J connectivity index is 0.000000861. The van der Waals surface area contributed by atoms with E-state index in [0.717, 1.165) is 18.6 Å². The van der Waals surface area contributed by atoms with Crippen molar-refractivity contribution in [3.63, 3.8) is 0 Å². The number of benzene rings is 1. The van der Waals surface area contributed by atoms with Crippen LogP contribution in [0.2, 0.25) is 5.02 Å². The maximum Gasteiger partial charge on any atom is 0.145 e. The molecule has 0 fully saturated rings. The lowest BCUT2D eigenvalue weighted by Gasteiger charge is -2.00. The van der Waals surface area contributed by atoms with E-state index in [-0.39, 0.29) is 0 Å². The van der Waals surface area contributed by atoms with Crippen LogP contribution in [0.15, 0.2) is 18.3 Å². The smallest absolute Gasteiger partial charge is 0.145 e. The Morgan fingerprint density at radius 3 is 2.32 bits per heavy atom. The number of aryl methyl sites for hydroxylation is 1. The number of nitrogens with zero attached hydrogens (tertiary/aromatic N) is 3. The standard InChI is InChI=1S/C11H10ClF2N3.C2H6/c1-2-3-17-6-10(15-16-17)7-4-8(13)11(12)9(14)5-7;1-2/h4-6H,2-3H2,1H3;1-2H3. The molecule has 0 aliphatic heterocycles. The van der Waals surface area contributed by atoms with Crippen LogP contribution in [0.3, 0.4) is 0 Å². The van der Waals surface area contributed by atoms with Crippen LogP contribution in [0.5, 0.6) is 0 Å². The lowest BCUT2D eigenvalue weighted by molar-refractivity contribution is 0.579. The normalized spacial score (nSPS) is 10.0. The average molecular weight is 288 g/mol. The van der Waals surface area contributed by atoms with Gasteiger partial charge < -0.3 is 0 Å². The van der Waals surface area contributed by atoms with Gasteiger partial charge in [-0.3, -0.25) is 4.68 Å². The first kappa shape index (κ1) is 15.6. The lowest BCUT2D eigenvalue weighted by atomic mass is 10.1. The Kier molecular flexibility index (Phi) is 5.89. The third kappa shape index (κ3) is 3.73. The summed E-state index contributed by atoms with van der Waals surface area (Å²) in [6.45, 7) is 6.72. The Bertz CT molecular complexity index is 517. The monoisotopic (exact) mass is 287 g/mol. The first-order valence-corrected chi connectivity index (χ1v) is 6.54. The molecule has 0 saturated heterocycles. The predicted octanol–water partition coefficient (Wildman–Crippen LogP) is 4.31. The molecule has 0 radical (unpaired) electrons. The molecule has 0 N–H and O–H groups in total. The van der Waals surface area contributed by atoms with E-state index in [1.807, 2.05) is 20.8 Å². The van der Waals surface area contributed by atoms with Crippen molar-refractivity contribution in [3.8, 4) is 11.3 Å². The van der Waals surface area contributed by atoms with Crippen LogP contribution in [0.1, 0.15) is 27.2 Å². The highest BCUT2D eigenvalue weighted by molar-refractivity contribution is 6.30. The van der Waals surface area contributed by atoms with Gasteiger partial charge in [-0.25, -0.2) is 8.78 Å². The number of rotatable bonds is 3. The molecule has 0 spiro atoms. The number of halogens is 3. The predicted molar refractivity (Wildman–Crippen MR) is 72.0 cm³/mol. The second-order valence-electron chi connectivity index (χ2n) is 3.62. The van der Waals surface area contributed by atoms with Crippen molar-refractivity contribution < 1.29 is 8.78 Å². The van der Waals surface area contributed by atoms with Crippen LogP contribution in [-0.2, 0) is 6.54 Å². The van der Waals surface area contributed by atoms with Crippen LogP contribution in [0, 0.1) is 11.6 Å². The number of hydrogen-bond donors (Lipinski definition) is 0. The second-order valence-corrected chi connectivity index (χ2v) is 4.00. The van der Waals surface area contributed by atoms with Crippen molar-refractivity contribution in [2.24, 2.45) is 0 Å². The van der Waals surface area contributed by atoms with Crippen molar-refractivity contribution in [1.82, 2.24) is 15.0 Å². The molecule has 19 heavy (non-hydrogen) atoms. The summed E-state index contributed by atoms with van der Waals surface area (Å²) in [5, 5.41) is 7.20. The molecule has 2 aromatic rings. The zero-order valence-electron chi connectivity index (χ0n) is 11.1. The van der Waals surface area contributed by atoms with Crippen molar-refractivity contribution >= 4 is 11.6 Å². The largest absolute Gasteiger partial charge is 0.252 e. The van der Waals surface area contributed by atoms with Gasteiger partial charge in [0.2, 0.25) is 0 Å². The van der Waals surface area contributed by atoms with Crippen molar-refractivity contribution in [2.45, 2.75) is 33.7 Å². The van der Waals surface area contributed by atoms with Crippen molar-refractivity contribution in [3.05, 3.63) is 35.0 Å². The maximum absolute atomic E-state index is 13.3. The van der Waals surface area contributed by atoms with E-state index < -0.39 is 16.7 Å². The van der Waals surface area contributed by atoms with Gasteiger partial charge in [0.05, 0.1) is 6.20 Å². The molecule has 1 aromatic carbocycles. The van der Waals surface area contributed by atoms with Crippen LogP contribution >= 0.6 is 11.6 Å². The highest BCUT2D eigenvalue weighted by Crippen LogP contribution is 2.25. The third-order valence-electron chi connectivity index (χ3n) is 2.27. The van der Waals surface area contributed by atoms with Gasteiger partial charge in [0.1, 0.15) is 22.4 Å². The topological polar surface area (TPSA) is 30.7 Å². The summed E-state index contributed by atoms with van der Waals surface area (Å²) >= 11 is 5.40. The minimum atomic E-state index is -0.799. The molecule has 0 aliphatic rings. The van der Waals surface area contributed by atoms with E-state index in [4.69, 9.17) is 11.6 Å². The van der Waals surface area contributed by atoms with Gasteiger partial charge in [-0.1, -0.05) is 37.6 Å². The van der Waals surface area contributed by atoms with Crippen LogP contribution < -0.4 is 0 Å². The average Bonchev–Trinajstić information content (AvgIpc) is 2.87. The molecule has 6 heteroatoms. The summed E-state index contributed by atoms with van der Waals surface area (Å²) in [7, 11) is 0. The van der Waals surface area contributed by atoms with E-state index in [9.17, 15) is 8.78 Å². The van der Waals surface area contributed by atoms with E-state index in [2.05, 4.69) is 10.3 Å². The SMILES string of the molecule is CC.CCCn1cc(-c2cc(F)c(Cl)c(F)c2)nn1. The minimum absolute atomic E-state index is 0.326. The fraction of sp³-hybridized carbons (Fsp3) is 0.385. The molecule has 0 bridgehead atoms. The Morgan fingerprint density at radius 2 is 1.79 bits per heavy atom. The van der Waals surface area contributed by atoms with Gasteiger partial charge >= 0.3 is 0 Å². The zero-order valence-corrected chi connectivity index (χ0v) is 11.9. The third-order valence-corrected chi connectivity index (χ3v) is 2.63. The molecule has 0 atom stereocenters. The molecule has 0 unspecified atom stereocenters. The van der Waals surface area contributed by atoms with E-state index >= 15 is 0 Å². The summed E-state index contributed by atoms with van der Waals surface area (Å²) < 4.78 is 28.1. The number of hydrogen-bond acceptors (Lipinski definition) is 2. The lowest BCUT2D eigenvalue weighted by Crippen LogP contribution is -1.96. The summed E-state index contributed by atoms with van der Waals surface area (Å²) in [5.74, 6) is -1.60. The second kappa shape index (κ2) is 7.19. The van der Waals surface area contributed by atoms with Gasteiger partial charge in [0.25, 0.3) is 0 Å². The van der Waals surface area contributed by atoms with Gasteiger partial charge in [0, 0.05) is 12.1 Å². The van der Waals surface area contributed by atoms with Gasteiger partial charge in [0.15, 0.2) is 0 Å². The van der Waals surface area contributed by atoms with Crippen LogP contribution in [0.4, 0.5) is 8.78 Å². The van der Waals surface area contributed by atoms with E-state index in [1.165, 1.54) is 0 Å². The molecule has 1 heterocycles. The molecule has 0 amide bonds. The quantitative estimate of drug-likeness (QED) is 0.788. The summed E-state index contributed by atoms with van der Waals surface area (Å²) in [5.41, 5.74) is 0.750. The molecular weight excluding hydrogens is 272 g/mol. The molecule has 0 saturated carbocycles. The first-order valence-electron chi connectivity index (χ1n) is 6.17. The molecule has 2 rings (SSSR count). The first-order chi connectivity index (χ1) is 9.11. The summed E-state index contributed by atoms with van der Waals surface area (Å²) in [6, 6.07) is 2.29. The Morgan fingerprint density at radius 1 is 1.21 bits per heavy atom. The minimum Gasteiger partial charge on any atom is -0.252 e. The molecule has 0 aliphatic carbocycles. The summed E-state index contributed by atoms with van der Waals surface area (Å²) in [4.78, 5) is 0. The fourth-order valence-electron chi connectivity index (χ4n) is 1.47. The zero-order chi connectivity index (χ0) is 14.4. The highest BCUT2D eigenvalue weighted by Gasteiger charge is 2.12. The highest BCUT2D eigenvalue weighted by atomic mass is 35.5. The Labute approximate surface area is 116 Å². The molecule has 1 aromatic heterocycles. The maximum atomic E-state index is 13.3. The van der Waals surface area contributed by atoms with Gasteiger partial charge in [-0.05, 0) is 18.6 Å².